The Morgan fingerprint density at radius 1 is 1.03 bits per heavy atom. The molecule has 2 aliphatic heterocycles. The number of piperidine rings is 1. The van der Waals surface area contributed by atoms with Gasteiger partial charge >= 0.3 is 6.03 Å². The van der Waals surface area contributed by atoms with Crippen LogP contribution in [-0.4, -0.2) is 68.2 Å². The second-order valence-corrected chi connectivity index (χ2v) is 9.08. The highest BCUT2D eigenvalue weighted by atomic mass is 16.6. The number of urea groups is 1. The molecule has 2 aliphatic rings. The summed E-state index contributed by atoms with van der Waals surface area (Å²) >= 11 is 0. The van der Waals surface area contributed by atoms with Crippen molar-refractivity contribution in [2.24, 2.45) is 5.92 Å². The van der Waals surface area contributed by atoms with Crippen LogP contribution < -0.4 is 20.1 Å². The number of hydrogen-bond acceptors (Lipinski definition) is 6. The Morgan fingerprint density at radius 2 is 1.76 bits per heavy atom. The van der Waals surface area contributed by atoms with Crippen molar-refractivity contribution in [1.29, 1.82) is 0 Å². The van der Waals surface area contributed by atoms with E-state index in [9.17, 15) is 9.59 Å². The number of anilines is 1. The summed E-state index contributed by atoms with van der Waals surface area (Å²) in [5, 5.41) is 5.09. The lowest BCUT2D eigenvalue weighted by Crippen LogP contribution is -2.40. The van der Waals surface area contributed by atoms with Crippen LogP contribution in [0.15, 0.2) is 48.5 Å². The number of benzene rings is 2. The van der Waals surface area contributed by atoms with E-state index >= 15 is 0 Å². The van der Waals surface area contributed by atoms with E-state index in [-0.39, 0.29) is 5.91 Å². The molecule has 8 nitrogen and oxygen atoms in total. The van der Waals surface area contributed by atoms with Crippen LogP contribution in [0.3, 0.4) is 0 Å². The zero-order chi connectivity index (χ0) is 23.8. The number of likely N-dealkylation sites (tertiary alicyclic amines) is 1. The largest absolute Gasteiger partial charge is 0.486 e. The predicted molar refractivity (Wildman–Crippen MR) is 131 cm³/mol. The molecule has 0 unspecified atom stereocenters. The molecule has 1 saturated heterocycles. The molecule has 1 fully saturated rings. The van der Waals surface area contributed by atoms with Gasteiger partial charge in [-0.1, -0.05) is 30.3 Å². The molecule has 0 bridgehead atoms. The summed E-state index contributed by atoms with van der Waals surface area (Å²) in [6.45, 7) is 5.68. The van der Waals surface area contributed by atoms with Crippen molar-refractivity contribution in [2.75, 3.05) is 51.8 Å². The molecule has 34 heavy (non-hydrogen) atoms. The smallest absolute Gasteiger partial charge is 0.325 e. The van der Waals surface area contributed by atoms with E-state index in [1.54, 1.807) is 18.2 Å². The minimum Gasteiger partial charge on any atom is -0.486 e. The molecule has 2 N–H and O–H groups in total. The van der Waals surface area contributed by atoms with E-state index in [0.717, 1.165) is 39.0 Å². The van der Waals surface area contributed by atoms with Crippen LogP contribution in [-0.2, 0) is 11.3 Å². The second kappa shape index (κ2) is 11.9. The molecular weight excluding hydrogens is 432 g/mol. The van der Waals surface area contributed by atoms with Crippen molar-refractivity contribution in [2.45, 2.75) is 25.8 Å². The third-order valence-corrected chi connectivity index (χ3v) is 6.28. The van der Waals surface area contributed by atoms with Gasteiger partial charge in [0.2, 0.25) is 5.91 Å². The first-order valence-electron chi connectivity index (χ1n) is 12.0. The van der Waals surface area contributed by atoms with Crippen molar-refractivity contribution in [3.8, 4) is 11.5 Å². The Morgan fingerprint density at radius 3 is 2.53 bits per heavy atom. The van der Waals surface area contributed by atoms with Crippen molar-refractivity contribution < 1.29 is 19.1 Å². The van der Waals surface area contributed by atoms with E-state index < -0.39 is 6.03 Å². The van der Waals surface area contributed by atoms with E-state index in [0.29, 0.717) is 49.3 Å². The summed E-state index contributed by atoms with van der Waals surface area (Å²) in [7, 11) is 2.18. The second-order valence-electron chi connectivity index (χ2n) is 9.08. The van der Waals surface area contributed by atoms with Crippen LogP contribution in [0, 0.1) is 5.92 Å². The molecule has 0 spiro atoms. The number of fused-ring (bicyclic) bond motifs is 1. The number of ether oxygens (including phenoxy) is 2. The Kier molecular flexibility index (Phi) is 8.38. The van der Waals surface area contributed by atoms with Gasteiger partial charge in [0.15, 0.2) is 11.5 Å². The molecule has 2 heterocycles. The molecule has 2 aromatic carbocycles. The van der Waals surface area contributed by atoms with Gasteiger partial charge in [0, 0.05) is 37.8 Å². The normalized spacial score (nSPS) is 16.3. The zero-order valence-corrected chi connectivity index (χ0v) is 19.8. The standard InChI is InChI=1S/C26H34N4O4/c1-29(18-20-5-3-2-4-6-20)19-21-9-12-30(13-10-21)14-11-25(31)28-26(32)27-22-7-8-23-24(17-22)34-16-15-33-23/h2-8,17,21H,9-16,18-19H2,1H3,(H2,27,28,31,32). The maximum absolute atomic E-state index is 12.3. The number of imide groups is 1. The SMILES string of the molecule is CN(Cc1ccccc1)CC1CCN(CCC(=O)NC(=O)Nc2ccc3c(c2)OCCO3)CC1. The Hall–Kier alpha value is -3.10. The van der Waals surface area contributed by atoms with Crippen LogP contribution in [0.1, 0.15) is 24.8 Å². The maximum atomic E-state index is 12.3. The summed E-state index contributed by atoms with van der Waals surface area (Å²) < 4.78 is 11.0. The van der Waals surface area contributed by atoms with Gasteiger partial charge in [0.05, 0.1) is 0 Å². The topological polar surface area (TPSA) is 83.1 Å². The van der Waals surface area contributed by atoms with E-state index in [1.165, 1.54) is 5.56 Å². The predicted octanol–water partition coefficient (Wildman–Crippen LogP) is 3.34. The number of rotatable bonds is 8. The number of amides is 3. The van der Waals surface area contributed by atoms with E-state index in [1.807, 2.05) is 6.07 Å². The van der Waals surface area contributed by atoms with Gasteiger partial charge in [-0.25, -0.2) is 4.79 Å². The highest BCUT2D eigenvalue weighted by Gasteiger charge is 2.21. The molecule has 0 atom stereocenters. The molecule has 3 amide bonds. The fraction of sp³-hybridized carbons (Fsp3) is 0.462. The minimum absolute atomic E-state index is 0.278. The summed E-state index contributed by atoms with van der Waals surface area (Å²) in [6, 6.07) is 15.2. The monoisotopic (exact) mass is 466 g/mol. The summed E-state index contributed by atoms with van der Waals surface area (Å²) in [5.74, 6) is 1.64. The lowest BCUT2D eigenvalue weighted by molar-refractivity contribution is -0.120. The Bertz CT molecular complexity index is 961. The van der Waals surface area contributed by atoms with E-state index in [4.69, 9.17) is 9.47 Å². The molecule has 2 aromatic rings. The molecule has 0 aromatic heterocycles. The number of carbonyl (C=O) groups excluding carboxylic acids is 2. The van der Waals surface area contributed by atoms with Crippen molar-refractivity contribution in [3.05, 3.63) is 54.1 Å². The van der Waals surface area contributed by atoms with Gasteiger partial charge in [-0.3, -0.25) is 10.1 Å². The van der Waals surface area contributed by atoms with E-state index in [2.05, 4.69) is 51.7 Å². The van der Waals surface area contributed by atoms with Crippen LogP contribution in [0.25, 0.3) is 0 Å². The minimum atomic E-state index is -0.540. The lowest BCUT2D eigenvalue weighted by Gasteiger charge is -2.33. The molecule has 182 valence electrons. The number of hydrogen-bond donors (Lipinski definition) is 2. The molecule has 8 heteroatoms. The van der Waals surface area contributed by atoms with Gasteiger partial charge < -0.3 is 24.6 Å². The van der Waals surface area contributed by atoms with Gasteiger partial charge in [0.1, 0.15) is 13.2 Å². The summed E-state index contributed by atoms with van der Waals surface area (Å²) in [6.07, 6.45) is 2.56. The third-order valence-electron chi connectivity index (χ3n) is 6.28. The fourth-order valence-corrected chi connectivity index (χ4v) is 4.53. The summed E-state index contributed by atoms with van der Waals surface area (Å²) in [5.41, 5.74) is 1.89. The molecular formula is C26H34N4O4. The lowest BCUT2D eigenvalue weighted by atomic mass is 9.96. The number of nitrogens with one attached hydrogen (secondary N) is 2. The highest BCUT2D eigenvalue weighted by molar-refractivity contribution is 6.01. The van der Waals surface area contributed by atoms with Crippen molar-refractivity contribution in [1.82, 2.24) is 15.1 Å². The average molecular weight is 467 g/mol. The summed E-state index contributed by atoms with van der Waals surface area (Å²) in [4.78, 5) is 29.1. The van der Waals surface area contributed by atoms with Crippen LogP contribution in [0.2, 0.25) is 0 Å². The van der Waals surface area contributed by atoms with Gasteiger partial charge in [-0.2, -0.15) is 0 Å². The van der Waals surface area contributed by atoms with Gasteiger partial charge in [0.25, 0.3) is 0 Å². The van der Waals surface area contributed by atoms with Gasteiger partial charge in [-0.05, 0) is 56.6 Å². The number of carbonyl (C=O) groups is 2. The zero-order valence-electron chi connectivity index (χ0n) is 19.8. The fourth-order valence-electron chi connectivity index (χ4n) is 4.53. The van der Waals surface area contributed by atoms with Crippen LogP contribution in [0.4, 0.5) is 10.5 Å². The quantitative estimate of drug-likeness (QED) is 0.621. The van der Waals surface area contributed by atoms with Crippen LogP contribution in [0.5, 0.6) is 11.5 Å². The maximum Gasteiger partial charge on any atom is 0.325 e. The van der Waals surface area contributed by atoms with Crippen LogP contribution >= 0.6 is 0 Å². The van der Waals surface area contributed by atoms with Gasteiger partial charge in [-0.15, -0.1) is 0 Å². The average Bonchev–Trinajstić information content (AvgIpc) is 2.84. The third kappa shape index (κ3) is 7.20. The highest BCUT2D eigenvalue weighted by Crippen LogP contribution is 2.32. The molecule has 0 aliphatic carbocycles. The number of nitrogens with zero attached hydrogens (tertiary/aromatic N) is 2. The first kappa shape index (κ1) is 24.0. The van der Waals surface area contributed by atoms with Crippen molar-refractivity contribution >= 4 is 17.6 Å². The Labute approximate surface area is 201 Å². The first-order chi connectivity index (χ1) is 16.5. The molecule has 0 radical (unpaired) electrons. The molecule has 4 rings (SSSR count). The first-order valence-corrected chi connectivity index (χ1v) is 12.0. The molecule has 0 saturated carbocycles. The Balaban J connectivity index is 1.11. The van der Waals surface area contributed by atoms with Crippen molar-refractivity contribution in [3.63, 3.8) is 0 Å².